The van der Waals surface area contributed by atoms with Crippen molar-refractivity contribution in [2.24, 2.45) is 0 Å². The molecule has 16 heteroatoms. The van der Waals surface area contributed by atoms with Crippen molar-refractivity contribution in [1.82, 2.24) is 0 Å². The van der Waals surface area contributed by atoms with Gasteiger partial charge in [0.05, 0.1) is 0 Å². The maximum atomic E-state index is 12.1. The van der Waals surface area contributed by atoms with Gasteiger partial charge in [0.1, 0.15) is 43.4 Å². The minimum Gasteiger partial charge on any atom is -0.463 e. The van der Waals surface area contributed by atoms with Crippen molar-refractivity contribution in [2.45, 2.75) is 90.6 Å². The predicted molar refractivity (Wildman–Crippen MR) is 128 cm³/mol. The molecule has 0 saturated carbocycles. The van der Waals surface area contributed by atoms with E-state index >= 15 is 0 Å². The van der Waals surface area contributed by atoms with Crippen molar-refractivity contribution < 1.29 is 71.4 Å². The summed E-state index contributed by atoms with van der Waals surface area (Å²) in [4.78, 5) is 70.6. The number of nitriles is 1. The molecule has 0 aliphatic carbocycles. The van der Waals surface area contributed by atoms with Gasteiger partial charge >= 0.3 is 35.8 Å². The lowest BCUT2D eigenvalue weighted by Crippen LogP contribution is -2.63. The number of carbonyl (C=O) groups excluding carboxylic acids is 6. The van der Waals surface area contributed by atoms with Crippen LogP contribution in [0.4, 0.5) is 0 Å². The molecule has 41 heavy (non-hydrogen) atoms. The van der Waals surface area contributed by atoms with E-state index < -0.39 is 98.0 Å². The van der Waals surface area contributed by atoms with E-state index in [0.717, 1.165) is 41.5 Å². The molecule has 0 bridgehead atoms. The van der Waals surface area contributed by atoms with Gasteiger partial charge in [0.25, 0.3) is 0 Å². The molecule has 16 nitrogen and oxygen atoms in total. The second-order valence-corrected chi connectivity index (χ2v) is 8.82. The summed E-state index contributed by atoms with van der Waals surface area (Å²) in [7, 11) is 0. The summed E-state index contributed by atoms with van der Waals surface area (Å²) in [5.41, 5.74) is 0. The van der Waals surface area contributed by atoms with Crippen molar-refractivity contribution in [1.29, 1.82) is 5.26 Å². The molecule has 0 aromatic rings. The Morgan fingerprint density at radius 1 is 0.707 bits per heavy atom. The third kappa shape index (κ3) is 10.1. The van der Waals surface area contributed by atoms with Gasteiger partial charge in [-0.1, -0.05) is 0 Å². The highest BCUT2D eigenvalue weighted by Gasteiger charge is 2.54. The molecule has 8 atom stereocenters. The highest BCUT2D eigenvalue weighted by molar-refractivity contribution is 5.69. The van der Waals surface area contributed by atoms with Gasteiger partial charge < -0.3 is 42.6 Å². The van der Waals surface area contributed by atoms with E-state index in [9.17, 15) is 34.0 Å². The Balaban J connectivity index is 2.57. The van der Waals surface area contributed by atoms with Gasteiger partial charge in [-0.25, -0.2) is 0 Å². The van der Waals surface area contributed by atoms with Crippen molar-refractivity contribution >= 4 is 35.8 Å². The summed E-state index contributed by atoms with van der Waals surface area (Å²) < 4.78 is 48.8. The molecular formula is C25H31NO15. The third-order valence-electron chi connectivity index (χ3n) is 5.33. The van der Waals surface area contributed by atoms with Crippen LogP contribution in [0, 0.1) is 11.3 Å². The largest absolute Gasteiger partial charge is 0.463 e. The van der Waals surface area contributed by atoms with Crippen LogP contribution >= 0.6 is 0 Å². The smallest absolute Gasteiger partial charge is 0.307 e. The number of carbonyl (C=O) groups is 6. The molecule has 0 spiro atoms. The van der Waals surface area contributed by atoms with E-state index in [2.05, 4.69) is 0 Å². The molecule has 1 saturated heterocycles. The topological polar surface area (TPSA) is 209 Å². The molecule has 2 aliphatic heterocycles. The van der Waals surface area contributed by atoms with E-state index in [0.29, 0.717) is 0 Å². The fourth-order valence-electron chi connectivity index (χ4n) is 3.94. The molecule has 0 N–H and O–H groups in total. The maximum absolute atomic E-state index is 12.1. The van der Waals surface area contributed by atoms with Gasteiger partial charge in [0.15, 0.2) is 24.6 Å². The van der Waals surface area contributed by atoms with Gasteiger partial charge in [0, 0.05) is 41.5 Å². The number of esters is 6. The SMILES string of the molecule is CC(=O)OC[C@H]1O[C@@H](O[C@H]2C=C(OC(C)=O)[C@H](C#N)O[C@@H]2COC(C)=O)[C@H](OC(C)=O)[C@@H](OC(C)=O)[C@@H]1OC(C)=O. The van der Waals surface area contributed by atoms with Crippen LogP contribution < -0.4 is 0 Å². The Morgan fingerprint density at radius 3 is 1.71 bits per heavy atom. The second kappa shape index (κ2) is 15.1. The van der Waals surface area contributed by atoms with Gasteiger partial charge in [0.2, 0.25) is 6.10 Å². The minimum absolute atomic E-state index is 0.241. The second-order valence-electron chi connectivity index (χ2n) is 8.82. The molecule has 0 amide bonds. The van der Waals surface area contributed by atoms with Crippen LogP contribution in [0.3, 0.4) is 0 Å². The first-order valence-corrected chi connectivity index (χ1v) is 12.3. The number of ether oxygens (including phenoxy) is 9. The summed E-state index contributed by atoms with van der Waals surface area (Å²) in [6, 6.07) is 1.80. The van der Waals surface area contributed by atoms with Crippen LogP contribution in [-0.2, 0) is 71.4 Å². The van der Waals surface area contributed by atoms with Crippen LogP contribution in [0.25, 0.3) is 0 Å². The van der Waals surface area contributed by atoms with Crippen LogP contribution in [0.2, 0.25) is 0 Å². The molecule has 0 aromatic heterocycles. The molecule has 0 aromatic carbocycles. The van der Waals surface area contributed by atoms with Gasteiger partial charge in [-0.3, -0.25) is 28.8 Å². The van der Waals surface area contributed by atoms with E-state index in [1.54, 1.807) is 6.07 Å². The van der Waals surface area contributed by atoms with Crippen LogP contribution in [0.1, 0.15) is 41.5 Å². The summed E-state index contributed by atoms with van der Waals surface area (Å²) in [6.07, 6.45) is -10.1. The zero-order valence-electron chi connectivity index (χ0n) is 23.2. The zero-order chi connectivity index (χ0) is 30.9. The highest BCUT2D eigenvalue weighted by Crippen LogP contribution is 2.33. The van der Waals surface area contributed by atoms with E-state index in [1.165, 1.54) is 6.08 Å². The van der Waals surface area contributed by atoms with Crippen LogP contribution in [-0.4, -0.2) is 98.0 Å². The quantitative estimate of drug-likeness (QED) is 0.239. The first-order valence-electron chi connectivity index (χ1n) is 12.3. The van der Waals surface area contributed by atoms with Crippen LogP contribution in [0.15, 0.2) is 11.8 Å². The van der Waals surface area contributed by atoms with Gasteiger partial charge in [-0.15, -0.1) is 0 Å². The normalized spacial score (nSPS) is 29.0. The highest BCUT2D eigenvalue weighted by atomic mass is 16.7. The lowest BCUT2D eigenvalue weighted by atomic mass is 9.97. The summed E-state index contributed by atoms with van der Waals surface area (Å²) in [5.74, 6) is -4.93. The number of hydrogen-bond donors (Lipinski definition) is 0. The monoisotopic (exact) mass is 585 g/mol. The van der Waals surface area contributed by atoms with Crippen molar-refractivity contribution in [3.63, 3.8) is 0 Å². The zero-order valence-corrected chi connectivity index (χ0v) is 23.2. The molecule has 1 fully saturated rings. The third-order valence-corrected chi connectivity index (χ3v) is 5.33. The Labute approximate surface area is 234 Å². The Morgan fingerprint density at radius 2 is 1.22 bits per heavy atom. The van der Waals surface area contributed by atoms with Crippen molar-refractivity contribution in [3.05, 3.63) is 11.8 Å². The Hall–Kier alpha value is -4.07. The first-order chi connectivity index (χ1) is 19.2. The van der Waals surface area contributed by atoms with E-state index in [1.807, 2.05) is 0 Å². The molecule has 0 radical (unpaired) electrons. The van der Waals surface area contributed by atoms with Gasteiger partial charge in [-0.2, -0.15) is 5.26 Å². The predicted octanol–water partition coefficient (Wildman–Crippen LogP) is -0.244. The Kier molecular flexibility index (Phi) is 12.2. The Bertz CT molecular complexity index is 1100. The van der Waals surface area contributed by atoms with Gasteiger partial charge in [-0.05, 0) is 6.08 Å². The minimum atomic E-state index is -1.63. The fraction of sp³-hybridized carbons (Fsp3) is 0.640. The van der Waals surface area contributed by atoms with Crippen molar-refractivity contribution in [2.75, 3.05) is 13.2 Å². The molecule has 0 unspecified atom stereocenters. The molecular weight excluding hydrogens is 554 g/mol. The molecule has 2 heterocycles. The van der Waals surface area contributed by atoms with E-state index in [4.69, 9.17) is 42.6 Å². The maximum Gasteiger partial charge on any atom is 0.307 e. The molecule has 2 aliphatic rings. The van der Waals surface area contributed by atoms with Crippen molar-refractivity contribution in [3.8, 4) is 6.07 Å². The molecule has 2 rings (SSSR count). The number of rotatable bonds is 10. The average molecular weight is 586 g/mol. The summed E-state index contributed by atoms with van der Waals surface area (Å²) >= 11 is 0. The number of hydrogen-bond acceptors (Lipinski definition) is 16. The fourth-order valence-corrected chi connectivity index (χ4v) is 3.94. The van der Waals surface area contributed by atoms with E-state index in [-0.39, 0.29) is 5.76 Å². The lowest BCUT2D eigenvalue weighted by Gasteiger charge is -2.45. The average Bonchev–Trinajstić information content (AvgIpc) is 2.84. The van der Waals surface area contributed by atoms with Crippen LogP contribution in [0.5, 0.6) is 0 Å². The lowest BCUT2D eigenvalue weighted by molar-refractivity contribution is -0.321. The summed E-state index contributed by atoms with van der Waals surface area (Å²) in [5, 5.41) is 9.51. The summed E-state index contributed by atoms with van der Waals surface area (Å²) in [6.45, 7) is 5.61. The standard InChI is InChI=1S/C25H31NO15/c1-11(27)33-9-20-18(7-17(35-13(3)29)19(8-26)39-20)40-25-24(38-16(6)32)23(37-15(5)31)22(36-14(4)30)21(41-25)10-34-12(2)28/h7,18-25H,9-10H2,1-6H3/t18-,19-,20+,21+,22+,23-,24+,25+/m0/s1. The first kappa shape index (κ1) is 33.1. The molecule has 226 valence electrons. The number of nitrogens with zero attached hydrogens (tertiary/aromatic N) is 1.